The van der Waals surface area contributed by atoms with E-state index >= 15 is 4.39 Å². The second kappa shape index (κ2) is 8.91. The summed E-state index contributed by atoms with van der Waals surface area (Å²) in [5.41, 5.74) is -0.911. The smallest absolute Gasteiger partial charge is 0.410 e. The van der Waals surface area contributed by atoms with Gasteiger partial charge in [-0.1, -0.05) is 29.8 Å². The lowest BCUT2D eigenvalue weighted by molar-refractivity contribution is 0.0284. The van der Waals surface area contributed by atoms with E-state index in [1.165, 1.54) is 37.5 Å². The SMILES string of the molecule is CN(Cc1cn(S(=O)(=O)c2ccccc2)c(-c2cccnc2Cl)c1F)C(=O)OC(C)(C)C. The van der Waals surface area contributed by atoms with E-state index < -0.39 is 27.5 Å². The molecule has 0 saturated heterocycles. The number of ether oxygens (including phenoxy) is 1. The molecule has 0 spiro atoms. The molecule has 0 N–H and O–H groups in total. The summed E-state index contributed by atoms with van der Waals surface area (Å²) in [6.45, 7) is 4.92. The number of nitrogens with zero attached hydrogens (tertiary/aromatic N) is 3. The van der Waals surface area contributed by atoms with Crippen LogP contribution in [0, 0.1) is 5.82 Å². The standard InChI is InChI=1S/C22H23ClFN3O4S/c1-22(2,3)31-21(28)26(4)13-15-14-27(32(29,30)16-9-6-5-7-10-16)19(18(15)24)17-11-8-12-25-20(17)23/h5-12,14H,13H2,1-4H3. The number of amides is 1. The third-order valence-electron chi connectivity index (χ3n) is 4.41. The van der Waals surface area contributed by atoms with Crippen molar-refractivity contribution in [1.82, 2.24) is 13.9 Å². The van der Waals surface area contributed by atoms with E-state index in [0.717, 1.165) is 15.1 Å². The highest BCUT2D eigenvalue weighted by atomic mass is 35.5. The van der Waals surface area contributed by atoms with Crippen LogP contribution in [0.1, 0.15) is 26.3 Å². The number of halogens is 2. The predicted molar refractivity (Wildman–Crippen MR) is 119 cm³/mol. The molecule has 0 atom stereocenters. The zero-order chi connectivity index (χ0) is 23.7. The summed E-state index contributed by atoms with van der Waals surface area (Å²) in [7, 11) is -2.73. The maximum absolute atomic E-state index is 15.6. The average Bonchev–Trinajstić information content (AvgIpc) is 3.04. The van der Waals surface area contributed by atoms with Crippen molar-refractivity contribution in [1.29, 1.82) is 0 Å². The normalized spacial score (nSPS) is 11.9. The first-order valence-electron chi connectivity index (χ1n) is 9.67. The molecule has 7 nitrogen and oxygen atoms in total. The Balaban J connectivity index is 2.13. The Kier molecular flexibility index (Phi) is 6.61. The Morgan fingerprint density at radius 3 is 2.44 bits per heavy atom. The van der Waals surface area contributed by atoms with Gasteiger partial charge in [0, 0.05) is 30.6 Å². The second-order valence-electron chi connectivity index (χ2n) is 8.11. The number of pyridine rings is 1. The summed E-state index contributed by atoms with van der Waals surface area (Å²) < 4.78 is 48.4. The van der Waals surface area contributed by atoms with E-state index in [1.807, 2.05) is 0 Å². The third kappa shape index (κ3) is 4.94. The predicted octanol–water partition coefficient (Wildman–Crippen LogP) is 4.95. The van der Waals surface area contributed by atoms with Gasteiger partial charge in [0.05, 0.1) is 11.4 Å². The van der Waals surface area contributed by atoms with Crippen LogP contribution in [0.5, 0.6) is 0 Å². The summed E-state index contributed by atoms with van der Waals surface area (Å²) in [5.74, 6) is -0.824. The van der Waals surface area contributed by atoms with Gasteiger partial charge in [-0.15, -0.1) is 0 Å². The van der Waals surface area contributed by atoms with E-state index in [2.05, 4.69) is 4.98 Å². The number of rotatable bonds is 5. The van der Waals surface area contributed by atoms with Gasteiger partial charge in [0.2, 0.25) is 0 Å². The van der Waals surface area contributed by atoms with E-state index in [1.54, 1.807) is 39.0 Å². The lowest BCUT2D eigenvalue weighted by Gasteiger charge is -2.24. The zero-order valence-electron chi connectivity index (χ0n) is 18.0. The van der Waals surface area contributed by atoms with Gasteiger partial charge in [-0.25, -0.2) is 26.6 Å². The molecule has 0 fully saturated rings. The Hall–Kier alpha value is -2.91. The molecule has 0 saturated carbocycles. The first-order chi connectivity index (χ1) is 14.9. The number of hydrogen-bond donors (Lipinski definition) is 0. The fraction of sp³-hybridized carbons (Fsp3) is 0.273. The molecular formula is C22H23ClFN3O4S. The molecule has 1 amide bonds. The molecule has 1 aromatic carbocycles. The van der Waals surface area contributed by atoms with Crippen LogP contribution < -0.4 is 0 Å². The number of aromatic nitrogens is 2. The molecule has 3 rings (SSSR count). The average molecular weight is 480 g/mol. The quantitative estimate of drug-likeness (QED) is 0.484. The molecular weight excluding hydrogens is 457 g/mol. The van der Waals surface area contributed by atoms with Crippen molar-refractivity contribution in [2.45, 2.75) is 37.8 Å². The van der Waals surface area contributed by atoms with Gasteiger partial charge < -0.3 is 9.64 Å². The van der Waals surface area contributed by atoms with Gasteiger partial charge in [0.1, 0.15) is 16.4 Å². The Morgan fingerprint density at radius 1 is 1.19 bits per heavy atom. The van der Waals surface area contributed by atoms with E-state index in [0.29, 0.717) is 0 Å². The van der Waals surface area contributed by atoms with Crippen molar-refractivity contribution in [3.63, 3.8) is 0 Å². The van der Waals surface area contributed by atoms with Crippen molar-refractivity contribution < 1.29 is 22.3 Å². The summed E-state index contributed by atoms with van der Waals surface area (Å²) >= 11 is 6.17. The van der Waals surface area contributed by atoms with Crippen molar-refractivity contribution >= 4 is 27.7 Å². The van der Waals surface area contributed by atoms with E-state index in [9.17, 15) is 13.2 Å². The number of carbonyl (C=O) groups is 1. The van der Waals surface area contributed by atoms with Crippen LogP contribution >= 0.6 is 11.6 Å². The minimum absolute atomic E-state index is 0.0206. The Bertz CT molecular complexity index is 1240. The highest BCUT2D eigenvalue weighted by molar-refractivity contribution is 7.90. The monoisotopic (exact) mass is 479 g/mol. The number of hydrogen-bond acceptors (Lipinski definition) is 5. The maximum atomic E-state index is 15.6. The van der Waals surface area contributed by atoms with Gasteiger partial charge >= 0.3 is 6.09 Å². The fourth-order valence-corrected chi connectivity index (χ4v) is 4.60. The van der Waals surface area contributed by atoms with Crippen molar-refractivity contribution in [2.24, 2.45) is 0 Å². The minimum atomic E-state index is -4.17. The first-order valence-corrected chi connectivity index (χ1v) is 11.5. The van der Waals surface area contributed by atoms with E-state index in [4.69, 9.17) is 16.3 Å². The molecule has 2 heterocycles. The van der Waals surface area contributed by atoms with Crippen molar-refractivity contribution in [3.8, 4) is 11.3 Å². The van der Waals surface area contributed by atoms with Crippen LogP contribution in [0.3, 0.4) is 0 Å². The topological polar surface area (TPSA) is 81.5 Å². The molecule has 170 valence electrons. The molecule has 10 heteroatoms. The minimum Gasteiger partial charge on any atom is -0.444 e. The molecule has 0 aliphatic carbocycles. The van der Waals surface area contributed by atoms with Gasteiger partial charge in [-0.05, 0) is 45.0 Å². The third-order valence-corrected chi connectivity index (χ3v) is 6.39. The molecule has 0 unspecified atom stereocenters. The zero-order valence-corrected chi connectivity index (χ0v) is 19.6. The highest BCUT2D eigenvalue weighted by Gasteiger charge is 2.29. The molecule has 0 bridgehead atoms. The van der Waals surface area contributed by atoms with Crippen LogP contribution in [0.2, 0.25) is 5.15 Å². The molecule has 0 radical (unpaired) electrons. The molecule has 3 aromatic rings. The van der Waals surface area contributed by atoms with E-state index in [-0.39, 0.29) is 33.4 Å². The molecule has 0 aliphatic heterocycles. The summed E-state index contributed by atoms with van der Waals surface area (Å²) in [4.78, 5) is 17.4. The maximum Gasteiger partial charge on any atom is 0.410 e. The summed E-state index contributed by atoms with van der Waals surface area (Å²) in [5, 5.41) is -0.0546. The van der Waals surface area contributed by atoms with Gasteiger partial charge in [0.25, 0.3) is 10.0 Å². The van der Waals surface area contributed by atoms with Crippen LogP contribution in [0.4, 0.5) is 9.18 Å². The van der Waals surface area contributed by atoms with Crippen LogP contribution in [0.15, 0.2) is 59.8 Å². The van der Waals surface area contributed by atoms with Gasteiger partial charge in [-0.2, -0.15) is 0 Å². The number of carbonyl (C=O) groups excluding carboxylic acids is 1. The van der Waals surface area contributed by atoms with Crippen LogP contribution in [-0.4, -0.2) is 41.0 Å². The fourth-order valence-electron chi connectivity index (χ4n) is 2.98. The largest absolute Gasteiger partial charge is 0.444 e. The highest BCUT2D eigenvalue weighted by Crippen LogP contribution is 2.34. The second-order valence-corrected chi connectivity index (χ2v) is 10.3. The van der Waals surface area contributed by atoms with Crippen molar-refractivity contribution in [2.75, 3.05) is 7.05 Å². The van der Waals surface area contributed by atoms with Crippen LogP contribution in [0.25, 0.3) is 11.3 Å². The Morgan fingerprint density at radius 2 is 1.84 bits per heavy atom. The summed E-state index contributed by atoms with van der Waals surface area (Å²) in [6.07, 6.45) is 1.90. The molecule has 32 heavy (non-hydrogen) atoms. The molecule has 0 aliphatic rings. The summed E-state index contributed by atoms with van der Waals surface area (Å²) in [6, 6.07) is 10.6. The first kappa shape index (κ1) is 23.7. The van der Waals surface area contributed by atoms with Gasteiger partial charge in [0.15, 0.2) is 5.82 Å². The van der Waals surface area contributed by atoms with Crippen molar-refractivity contribution in [3.05, 3.63) is 71.4 Å². The Labute approximate surface area is 191 Å². The molecule has 2 aromatic heterocycles. The number of benzene rings is 1. The lowest BCUT2D eigenvalue weighted by Crippen LogP contribution is -2.33. The lowest BCUT2D eigenvalue weighted by atomic mass is 10.2. The van der Waals surface area contributed by atoms with Gasteiger partial charge in [-0.3, -0.25) is 0 Å². The van der Waals surface area contributed by atoms with Crippen LogP contribution in [-0.2, 0) is 21.3 Å².